The van der Waals surface area contributed by atoms with Crippen molar-refractivity contribution in [2.45, 2.75) is 70.1 Å². The van der Waals surface area contributed by atoms with Crippen molar-refractivity contribution in [2.75, 3.05) is 0 Å². The van der Waals surface area contributed by atoms with E-state index in [9.17, 15) is 4.39 Å². The smallest absolute Gasteiger partial charge is 0.144 e. The zero-order valence-electron chi connectivity index (χ0n) is 16.8. The Kier molecular flexibility index (Phi) is 5.67. The van der Waals surface area contributed by atoms with Crippen LogP contribution in [0.2, 0.25) is 0 Å². The molecule has 152 valence electrons. The Morgan fingerprint density at radius 2 is 1.66 bits per heavy atom. The summed E-state index contributed by atoms with van der Waals surface area (Å²) in [6.45, 7) is 2.20. The Balaban J connectivity index is 1.57. The first kappa shape index (κ1) is 20.0. The summed E-state index contributed by atoms with van der Waals surface area (Å²) in [7, 11) is 0. The average Bonchev–Trinajstić information content (AvgIpc) is 2.73. The molecule has 1 unspecified atom stereocenters. The molecule has 4 rings (SSSR count). The summed E-state index contributed by atoms with van der Waals surface area (Å²) in [5, 5.41) is 9.00. The van der Waals surface area contributed by atoms with Crippen molar-refractivity contribution in [3.63, 3.8) is 0 Å². The van der Waals surface area contributed by atoms with Crippen molar-refractivity contribution in [3.8, 4) is 6.07 Å². The normalized spacial score (nSPS) is 24.0. The van der Waals surface area contributed by atoms with Gasteiger partial charge in [0.1, 0.15) is 23.5 Å². The first-order valence-electron chi connectivity index (χ1n) is 10.7. The molecule has 0 heterocycles. The molecular formula is C25H26F3N. The molecule has 0 spiro atoms. The quantitative estimate of drug-likeness (QED) is 0.551. The van der Waals surface area contributed by atoms with Crippen LogP contribution in [0.15, 0.2) is 24.3 Å². The summed E-state index contributed by atoms with van der Waals surface area (Å²) in [6.07, 6.45) is 6.68. The third-order valence-corrected chi connectivity index (χ3v) is 7.07. The zero-order chi connectivity index (χ0) is 20.5. The van der Waals surface area contributed by atoms with E-state index in [1.54, 1.807) is 6.07 Å². The van der Waals surface area contributed by atoms with Crippen molar-refractivity contribution in [2.24, 2.45) is 5.92 Å². The van der Waals surface area contributed by atoms with Crippen LogP contribution in [-0.2, 0) is 12.8 Å². The van der Waals surface area contributed by atoms with Gasteiger partial charge in [-0.1, -0.05) is 19.4 Å². The fourth-order valence-electron chi connectivity index (χ4n) is 5.28. The van der Waals surface area contributed by atoms with Crippen LogP contribution in [0.5, 0.6) is 0 Å². The van der Waals surface area contributed by atoms with Gasteiger partial charge in [-0.3, -0.25) is 0 Å². The Morgan fingerprint density at radius 3 is 2.28 bits per heavy atom. The largest absolute Gasteiger partial charge is 0.207 e. The van der Waals surface area contributed by atoms with Gasteiger partial charge in [0.2, 0.25) is 0 Å². The van der Waals surface area contributed by atoms with Crippen LogP contribution in [0.25, 0.3) is 0 Å². The molecule has 1 atom stereocenters. The van der Waals surface area contributed by atoms with Crippen LogP contribution in [0, 0.1) is 34.7 Å². The minimum atomic E-state index is -0.484. The van der Waals surface area contributed by atoms with Crippen LogP contribution in [0.4, 0.5) is 13.2 Å². The third kappa shape index (κ3) is 3.80. The van der Waals surface area contributed by atoms with Crippen LogP contribution >= 0.6 is 0 Å². The second-order valence-corrected chi connectivity index (χ2v) is 8.64. The van der Waals surface area contributed by atoms with Gasteiger partial charge >= 0.3 is 0 Å². The summed E-state index contributed by atoms with van der Waals surface area (Å²) in [6, 6.07) is 8.10. The highest BCUT2D eigenvalue weighted by molar-refractivity contribution is 5.43. The van der Waals surface area contributed by atoms with E-state index in [0.29, 0.717) is 24.8 Å². The SMILES string of the molecule is CCC1CCC(c2cc(F)c(C3CCc4c(ccc(C#N)c4F)C3)c(F)c2)CC1. The fourth-order valence-corrected chi connectivity index (χ4v) is 5.28. The van der Waals surface area contributed by atoms with Crippen LogP contribution in [0.3, 0.4) is 0 Å². The van der Waals surface area contributed by atoms with Gasteiger partial charge in [-0.15, -0.1) is 0 Å². The fraction of sp³-hybridized carbons (Fsp3) is 0.480. The van der Waals surface area contributed by atoms with Gasteiger partial charge < -0.3 is 0 Å². The molecule has 0 saturated heterocycles. The highest BCUT2D eigenvalue weighted by Crippen LogP contribution is 2.41. The second kappa shape index (κ2) is 8.22. The lowest BCUT2D eigenvalue weighted by atomic mass is 9.76. The van der Waals surface area contributed by atoms with E-state index in [-0.39, 0.29) is 23.0 Å². The van der Waals surface area contributed by atoms with E-state index in [2.05, 4.69) is 6.92 Å². The predicted molar refractivity (Wildman–Crippen MR) is 107 cm³/mol. The van der Waals surface area contributed by atoms with Gasteiger partial charge in [0.15, 0.2) is 0 Å². The molecular weight excluding hydrogens is 371 g/mol. The van der Waals surface area contributed by atoms with Crippen molar-refractivity contribution >= 4 is 0 Å². The van der Waals surface area contributed by atoms with Gasteiger partial charge in [-0.25, -0.2) is 13.2 Å². The number of halogens is 3. The number of hydrogen-bond donors (Lipinski definition) is 0. The maximum absolute atomic E-state index is 15.0. The molecule has 1 nitrogen and oxygen atoms in total. The molecule has 0 bridgehead atoms. The molecule has 4 heteroatoms. The highest BCUT2D eigenvalue weighted by Gasteiger charge is 2.29. The monoisotopic (exact) mass is 397 g/mol. The molecule has 1 fully saturated rings. The summed E-state index contributed by atoms with van der Waals surface area (Å²) in [4.78, 5) is 0. The summed E-state index contributed by atoms with van der Waals surface area (Å²) in [5.41, 5.74) is 2.20. The van der Waals surface area contributed by atoms with Gasteiger partial charge in [-0.2, -0.15) is 5.26 Å². The predicted octanol–water partition coefficient (Wildman–Crippen LogP) is 6.93. The lowest BCUT2D eigenvalue weighted by molar-refractivity contribution is 0.317. The van der Waals surface area contributed by atoms with Crippen LogP contribution in [0.1, 0.15) is 85.1 Å². The molecule has 2 aromatic rings. The lowest BCUT2D eigenvalue weighted by Crippen LogP contribution is -2.18. The number of benzene rings is 2. The topological polar surface area (TPSA) is 23.8 Å². The minimum absolute atomic E-state index is 0.0294. The molecule has 0 radical (unpaired) electrons. The molecule has 0 N–H and O–H groups in total. The molecule has 2 aliphatic carbocycles. The standard InChI is InChI=1S/C25H26F3N/c1-2-15-3-5-16(6-4-15)20-12-22(26)24(23(27)13-20)18-9-10-21-17(11-18)7-8-19(14-29)25(21)28/h7-8,12-13,15-16,18H,2-6,9-11H2,1H3. The molecule has 0 aliphatic heterocycles. The summed E-state index contributed by atoms with van der Waals surface area (Å²) in [5.74, 6) is -0.756. The average molecular weight is 397 g/mol. The van der Waals surface area contributed by atoms with E-state index >= 15 is 8.78 Å². The van der Waals surface area contributed by atoms with Crippen LogP contribution < -0.4 is 0 Å². The van der Waals surface area contributed by atoms with Gasteiger partial charge in [0.05, 0.1) is 5.56 Å². The van der Waals surface area contributed by atoms with E-state index < -0.39 is 17.5 Å². The van der Waals surface area contributed by atoms with E-state index in [1.807, 2.05) is 6.07 Å². The Labute approximate surface area is 170 Å². The van der Waals surface area contributed by atoms with Gasteiger partial charge in [-0.05, 0) is 97.6 Å². The maximum Gasteiger partial charge on any atom is 0.144 e. The third-order valence-electron chi connectivity index (χ3n) is 7.07. The lowest BCUT2D eigenvalue weighted by Gasteiger charge is -2.29. The van der Waals surface area contributed by atoms with Crippen molar-refractivity contribution in [3.05, 3.63) is 69.5 Å². The molecule has 2 aromatic carbocycles. The maximum atomic E-state index is 15.0. The summed E-state index contributed by atoms with van der Waals surface area (Å²) >= 11 is 0. The molecule has 1 saturated carbocycles. The highest BCUT2D eigenvalue weighted by atomic mass is 19.1. The molecule has 0 aromatic heterocycles. The Hall–Kier alpha value is -2.28. The van der Waals surface area contributed by atoms with E-state index in [4.69, 9.17) is 5.26 Å². The number of rotatable bonds is 3. The number of nitrogens with zero attached hydrogens (tertiary/aromatic N) is 1. The first-order valence-corrected chi connectivity index (χ1v) is 10.7. The Bertz CT molecular complexity index is 928. The van der Waals surface area contributed by atoms with Crippen LogP contribution in [-0.4, -0.2) is 0 Å². The summed E-state index contributed by atoms with van der Waals surface area (Å²) < 4.78 is 44.4. The van der Waals surface area contributed by atoms with Gasteiger partial charge in [0, 0.05) is 5.56 Å². The number of nitriles is 1. The van der Waals surface area contributed by atoms with E-state index in [0.717, 1.165) is 42.7 Å². The zero-order valence-corrected chi connectivity index (χ0v) is 16.8. The first-order chi connectivity index (χ1) is 14.0. The van der Waals surface area contributed by atoms with Crippen molar-refractivity contribution in [1.82, 2.24) is 0 Å². The molecule has 0 amide bonds. The number of fused-ring (bicyclic) bond motifs is 1. The minimum Gasteiger partial charge on any atom is -0.207 e. The second-order valence-electron chi connectivity index (χ2n) is 8.64. The Morgan fingerprint density at radius 1 is 0.966 bits per heavy atom. The van der Waals surface area contributed by atoms with Crippen molar-refractivity contribution in [1.29, 1.82) is 5.26 Å². The molecule has 2 aliphatic rings. The number of hydrogen-bond acceptors (Lipinski definition) is 1. The van der Waals surface area contributed by atoms with Gasteiger partial charge in [0.25, 0.3) is 0 Å². The van der Waals surface area contributed by atoms with Crippen molar-refractivity contribution < 1.29 is 13.2 Å². The molecule has 29 heavy (non-hydrogen) atoms. The van der Waals surface area contributed by atoms with E-state index in [1.165, 1.54) is 24.6 Å².